The van der Waals surface area contributed by atoms with E-state index >= 15 is 0 Å². The van der Waals surface area contributed by atoms with Gasteiger partial charge in [-0.25, -0.2) is 4.98 Å². The lowest BCUT2D eigenvalue weighted by Gasteiger charge is -2.20. The predicted octanol–water partition coefficient (Wildman–Crippen LogP) is 2.61. The molecule has 0 fully saturated rings. The van der Waals surface area contributed by atoms with Crippen LogP contribution < -0.4 is 16.0 Å². The normalized spacial score (nSPS) is 11.9. The van der Waals surface area contributed by atoms with E-state index in [4.69, 9.17) is 0 Å². The van der Waals surface area contributed by atoms with E-state index in [0.29, 0.717) is 11.7 Å². The molecule has 2 rings (SSSR count). The summed E-state index contributed by atoms with van der Waals surface area (Å²) in [6, 6.07) is 3.28. The summed E-state index contributed by atoms with van der Waals surface area (Å²) in [6.07, 6.45) is 0. The highest BCUT2D eigenvalue weighted by Gasteiger charge is 2.24. The number of rotatable bonds is 7. The van der Waals surface area contributed by atoms with E-state index in [-0.39, 0.29) is 23.6 Å². The van der Waals surface area contributed by atoms with Gasteiger partial charge in [-0.1, -0.05) is 13.8 Å². The number of nitrogens with one attached hydrogen (secondary N) is 3. The molecule has 2 aromatic heterocycles. The van der Waals surface area contributed by atoms with Crippen LogP contribution in [0.4, 0.5) is 5.13 Å². The number of aromatic nitrogens is 1. The third-order valence-corrected chi connectivity index (χ3v) is 5.33. The molecule has 0 radical (unpaired) electrons. The van der Waals surface area contributed by atoms with Crippen LogP contribution in [0.3, 0.4) is 0 Å². The molecule has 0 aromatic carbocycles. The Hall–Kier alpha value is -2.26. The van der Waals surface area contributed by atoms with Crippen molar-refractivity contribution in [3.8, 4) is 10.6 Å². The van der Waals surface area contributed by atoms with Crippen LogP contribution in [0.15, 0.2) is 17.5 Å². The first-order valence-electron chi connectivity index (χ1n) is 8.13. The summed E-state index contributed by atoms with van der Waals surface area (Å²) in [6.45, 7) is 7.10. The van der Waals surface area contributed by atoms with Crippen molar-refractivity contribution in [1.82, 2.24) is 15.6 Å². The number of thiazole rings is 1. The minimum atomic E-state index is -0.606. The second kappa shape index (κ2) is 8.91. The van der Waals surface area contributed by atoms with Crippen molar-refractivity contribution in [2.75, 3.05) is 5.32 Å². The van der Waals surface area contributed by atoms with Gasteiger partial charge < -0.3 is 16.0 Å². The third kappa shape index (κ3) is 5.63. The first kappa shape index (κ1) is 20.1. The maximum Gasteiger partial charge on any atom is 0.248 e. The van der Waals surface area contributed by atoms with Gasteiger partial charge in [0.15, 0.2) is 5.13 Å². The molecule has 1 atom stereocenters. The number of carbonyl (C=O) groups is 3. The van der Waals surface area contributed by atoms with Gasteiger partial charge in [0.05, 0.1) is 17.1 Å². The van der Waals surface area contributed by atoms with Gasteiger partial charge in [0.25, 0.3) is 0 Å². The molecular formula is C17H22N4O3S2. The second-order valence-electron chi connectivity index (χ2n) is 6.13. The van der Waals surface area contributed by atoms with Crippen molar-refractivity contribution in [2.24, 2.45) is 5.92 Å². The molecule has 0 saturated carbocycles. The van der Waals surface area contributed by atoms with Crippen molar-refractivity contribution in [2.45, 2.75) is 40.3 Å². The summed E-state index contributed by atoms with van der Waals surface area (Å²) in [7, 11) is 0. The molecule has 26 heavy (non-hydrogen) atoms. The minimum absolute atomic E-state index is 0.0352. The van der Waals surface area contributed by atoms with Gasteiger partial charge in [-0.15, -0.1) is 22.7 Å². The Morgan fingerprint density at radius 3 is 2.50 bits per heavy atom. The van der Waals surface area contributed by atoms with Crippen molar-refractivity contribution >= 4 is 45.5 Å². The fourth-order valence-electron chi connectivity index (χ4n) is 2.20. The molecule has 9 heteroatoms. The molecule has 0 saturated heterocycles. The maximum absolute atomic E-state index is 12.4. The van der Waals surface area contributed by atoms with Gasteiger partial charge in [0, 0.05) is 24.1 Å². The van der Waals surface area contributed by atoms with E-state index in [9.17, 15) is 14.4 Å². The second-order valence-corrected chi connectivity index (χ2v) is 8.15. The van der Waals surface area contributed by atoms with Gasteiger partial charge in [-0.2, -0.15) is 0 Å². The molecule has 2 aromatic rings. The smallest absolute Gasteiger partial charge is 0.248 e. The molecule has 0 bridgehead atoms. The molecule has 0 aliphatic rings. The molecule has 1 unspecified atom stereocenters. The van der Waals surface area contributed by atoms with E-state index in [1.54, 1.807) is 0 Å². The van der Waals surface area contributed by atoms with Gasteiger partial charge in [0.2, 0.25) is 17.7 Å². The van der Waals surface area contributed by atoms with Crippen LogP contribution in [0.25, 0.3) is 10.6 Å². The van der Waals surface area contributed by atoms with E-state index in [1.165, 1.54) is 36.5 Å². The molecule has 2 heterocycles. The van der Waals surface area contributed by atoms with Crippen LogP contribution in [-0.4, -0.2) is 28.7 Å². The Morgan fingerprint density at radius 2 is 1.88 bits per heavy atom. The Kier molecular flexibility index (Phi) is 6.87. The first-order valence-corrected chi connectivity index (χ1v) is 9.83. The van der Waals surface area contributed by atoms with Gasteiger partial charge >= 0.3 is 0 Å². The molecule has 3 amide bonds. The average molecular weight is 395 g/mol. The average Bonchev–Trinajstić information content (AvgIpc) is 3.19. The van der Waals surface area contributed by atoms with E-state index in [1.807, 2.05) is 31.4 Å². The number of hydrogen-bond acceptors (Lipinski definition) is 6. The lowest BCUT2D eigenvalue weighted by molar-refractivity contribution is -0.126. The van der Waals surface area contributed by atoms with Crippen molar-refractivity contribution < 1.29 is 14.4 Å². The SMILES string of the molecule is CC(=O)NCc1ccc(-c2csc(NC(=O)C(NC(C)=O)C(C)C)n2)s1. The lowest BCUT2D eigenvalue weighted by Crippen LogP contribution is -2.46. The van der Waals surface area contributed by atoms with E-state index in [0.717, 1.165) is 15.4 Å². The molecule has 7 nitrogen and oxygen atoms in total. The Balaban J connectivity index is 2.04. The highest BCUT2D eigenvalue weighted by molar-refractivity contribution is 7.17. The quantitative estimate of drug-likeness (QED) is 0.672. The summed E-state index contributed by atoms with van der Waals surface area (Å²) in [4.78, 5) is 41.1. The minimum Gasteiger partial charge on any atom is -0.351 e. The standard InChI is InChI=1S/C17H22N4O3S2/c1-9(2)15(19-11(4)23)16(24)21-17-20-13(8-25-17)14-6-5-12(26-14)7-18-10(3)22/h5-6,8-9,15H,7H2,1-4H3,(H,18,22)(H,19,23)(H,20,21,24). The summed E-state index contributed by atoms with van der Waals surface area (Å²) < 4.78 is 0. The van der Waals surface area contributed by atoms with Gasteiger partial charge in [0.1, 0.15) is 6.04 Å². The largest absolute Gasteiger partial charge is 0.351 e. The number of amides is 3. The number of anilines is 1. The third-order valence-electron chi connectivity index (χ3n) is 3.47. The Morgan fingerprint density at radius 1 is 1.15 bits per heavy atom. The zero-order valence-electron chi connectivity index (χ0n) is 15.1. The molecule has 0 aliphatic carbocycles. The molecule has 3 N–H and O–H groups in total. The van der Waals surface area contributed by atoms with Gasteiger partial charge in [-0.05, 0) is 18.1 Å². The first-order chi connectivity index (χ1) is 12.3. The Bertz CT molecular complexity index is 798. The van der Waals surface area contributed by atoms with Crippen molar-refractivity contribution in [3.05, 3.63) is 22.4 Å². The van der Waals surface area contributed by atoms with Gasteiger partial charge in [-0.3, -0.25) is 14.4 Å². The summed E-state index contributed by atoms with van der Waals surface area (Å²) in [5, 5.41) is 10.5. The number of thiophene rings is 1. The predicted molar refractivity (Wildman–Crippen MR) is 104 cm³/mol. The topological polar surface area (TPSA) is 100 Å². The number of carbonyl (C=O) groups excluding carboxylic acids is 3. The number of nitrogens with zero attached hydrogens (tertiary/aromatic N) is 1. The fraction of sp³-hybridized carbons (Fsp3) is 0.412. The van der Waals surface area contributed by atoms with Crippen LogP contribution >= 0.6 is 22.7 Å². The highest BCUT2D eigenvalue weighted by Crippen LogP contribution is 2.30. The van der Waals surface area contributed by atoms with Crippen LogP contribution in [0, 0.1) is 5.92 Å². The van der Waals surface area contributed by atoms with Crippen LogP contribution in [0.1, 0.15) is 32.6 Å². The summed E-state index contributed by atoms with van der Waals surface area (Å²) >= 11 is 2.87. The fourth-order valence-corrected chi connectivity index (χ4v) is 3.90. The molecule has 0 spiro atoms. The molecule has 0 aliphatic heterocycles. The van der Waals surface area contributed by atoms with E-state index < -0.39 is 6.04 Å². The molecule has 140 valence electrons. The highest BCUT2D eigenvalue weighted by atomic mass is 32.1. The lowest BCUT2D eigenvalue weighted by atomic mass is 10.0. The summed E-state index contributed by atoms with van der Waals surface area (Å²) in [5.41, 5.74) is 0.769. The zero-order chi connectivity index (χ0) is 19.3. The molecular weight excluding hydrogens is 372 g/mol. The van der Waals surface area contributed by atoms with Crippen molar-refractivity contribution in [1.29, 1.82) is 0 Å². The Labute approximate surface area is 160 Å². The van der Waals surface area contributed by atoms with Crippen LogP contribution in [0.5, 0.6) is 0 Å². The zero-order valence-corrected chi connectivity index (χ0v) is 16.7. The number of hydrogen-bond donors (Lipinski definition) is 3. The van der Waals surface area contributed by atoms with Crippen LogP contribution in [0.2, 0.25) is 0 Å². The maximum atomic E-state index is 12.4. The van der Waals surface area contributed by atoms with Crippen molar-refractivity contribution in [3.63, 3.8) is 0 Å². The van der Waals surface area contributed by atoms with Crippen LogP contribution in [-0.2, 0) is 20.9 Å². The monoisotopic (exact) mass is 394 g/mol. The summed E-state index contributed by atoms with van der Waals surface area (Å²) in [5.74, 6) is -0.637. The van der Waals surface area contributed by atoms with E-state index in [2.05, 4.69) is 20.9 Å².